The van der Waals surface area contributed by atoms with E-state index in [1.54, 1.807) is 38.4 Å². The quantitative estimate of drug-likeness (QED) is 0.0556. The number of hydrogen-bond acceptors (Lipinski definition) is 8. The lowest BCUT2D eigenvalue weighted by molar-refractivity contribution is 0.283. The lowest BCUT2D eigenvalue weighted by Gasteiger charge is -2.13. The monoisotopic (exact) mass is 608 g/mol. The van der Waals surface area contributed by atoms with Gasteiger partial charge in [0.1, 0.15) is 19.0 Å². The molecule has 0 fully saturated rings. The normalized spacial score (nSPS) is 11.1. The largest absolute Gasteiger partial charge is 0.493 e. The molecule has 9 heteroatoms. The van der Waals surface area contributed by atoms with Gasteiger partial charge in [-0.1, -0.05) is 75.6 Å². The van der Waals surface area contributed by atoms with E-state index in [1.165, 1.54) is 0 Å². The minimum atomic E-state index is 0.342. The SMILES string of the molecule is C=C/C=C\C(=NC)C(=C)C.CC.COc1cc(/C(=N/N)NN)ccc1OCc1ccc(OCc2ccc3ccccc3n2)cc1. The Bertz CT molecular complexity index is 1610. The van der Waals surface area contributed by atoms with Crippen LogP contribution in [0.5, 0.6) is 17.2 Å². The van der Waals surface area contributed by atoms with Gasteiger partial charge in [0.05, 0.1) is 24.0 Å². The number of aliphatic imine (C=N–C) groups is 1. The first-order chi connectivity index (χ1) is 21.9. The van der Waals surface area contributed by atoms with Gasteiger partial charge >= 0.3 is 0 Å². The Morgan fingerprint density at radius 3 is 2.31 bits per heavy atom. The molecule has 9 nitrogen and oxygen atoms in total. The summed E-state index contributed by atoms with van der Waals surface area (Å²) in [5.74, 6) is 13.0. The molecular weight excluding hydrogens is 564 g/mol. The van der Waals surface area contributed by atoms with Crippen molar-refractivity contribution in [2.24, 2.45) is 21.8 Å². The molecule has 0 unspecified atom stereocenters. The van der Waals surface area contributed by atoms with E-state index < -0.39 is 0 Å². The molecule has 0 amide bonds. The molecule has 236 valence electrons. The smallest absolute Gasteiger partial charge is 0.166 e. The number of pyridine rings is 1. The summed E-state index contributed by atoms with van der Waals surface area (Å²) in [6.07, 6.45) is 5.44. The predicted molar refractivity (Wildman–Crippen MR) is 187 cm³/mol. The average molecular weight is 609 g/mol. The number of fused-ring (bicyclic) bond motifs is 1. The number of hydrogen-bond donors (Lipinski definition) is 3. The van der Waals surface area contributed by atoms with Crippen LogP contribution in [0.4, 0.5) is 0 Å². The maximum atomic E-state index is 5.93. The summed E-state index contributed by atoms with van der Waals surface area (Å²) in [7, 11) is 3.31. The summed E-state index contributed by atoms with van der Waals surface area (Å²) in [6, 6.07) is 25.1. The summed E-state index contributed by atoms with van der Waals surface area (Å²) < 4.78 is 17.2. The van der Waals surface area contributed by atoms with Gasteiger partial charge in [0, 0.05) is 18.0 Å². The van der Waals surface area contributed by atoms with Gasteiger partial charge in [-0.25, -0.2) is 10.8 Å². The molecule has 0 bridgehead atoms. The summed E-state index contributed by atoms with van der Waals surface area (Å²) in [5, 5.41) is 4.71. The second-order valence-electron chi connectivity index (χ2n) is 9.19. The van der Waals surface area contributed by atoms with E-state index in [9.17, 15) is 0 Å². The fourth-order valence-corrected chi connectivity index (χ4v) is 3.88. The van der Waals surface area contributed by atoms with Crippen molar-refractivity contribution in [2.75, 3.05) is 14.2 Å². The fraction of sp³-hybridized carbons (Fsp3) is 0.194. The van der Waals surface area contributed by atoms with E-state index in [1.807, 2.05) is 87.5 Å². The second-order valence-corrected chi connectivity index (χ2v) is 9.19. The summed E-state index contributed by atoms with van der Waals surface area (Å²) in [6.45, 7) is 14.0. The van der Waals surface area contributed by atoms with Gasteiger partial charge in [-0.3, -0.25) is 4.99 Å². The minimum Gasteiger partial charge on any atom is -0.493 e. The lowest BCUT2D eigenvalue weighted by atomic mass is 10.2. The highest BCUT2D eigenvalue weighted by Crippen LogP contribution is 2.29. The van der Waals surface area contributed by atoms with Gasteiger partial charge in [0.15, 0.2) is 17.3 Å². The van der Waals surface area contributed by atoms with Crippen molar-refractivity contribution in [3.63, 3.8) is 0 Å². The molecule has 1 aromatic heterocycles. The molecule has 0 aliphatic carbocycles. The number of methoxy groups -OCH3 is 1. The Kier molecular flexibility index (Phi) is 15.7. The topological polar surface area (TPSA) is 129 Å². The number of para-hydroxylation sites is 1. The third kappa shape index (κ3) is 11.3. The fourth-order valence-electron chi connectivity index (χ4n) is 3.88. The van der Waals surface area contributed by atoms with Crippen molar-refractivity contribution in [2.45, 2.75) is 34.0 Å². The zero-order chi connectivity index (χ0) is 33.0. The molecule has 45 heavy (non-hydrogen) atoms. The molecule has 4 rings (SSSR count). The predicted octanol–water partition coefficient (Wildman–Crippen LogP) is 6.89. The molecule has 3 aromatic carbocycles. The van der Waals surface area contributed by atoms with E-state index in [-0.39, 0.29) is 0 Å². The number of allylic oxidation sites excluding steroid dienone is 4. The number of nitrogens with two attached hydrogens (primary N) is 2. The molecule has 0 aliphatic rings. The van der Waals surface area contributed by atoms with E-state index in [4.69, 9.17) is 25.9 Å². The molecule has 5 N–H and O–H groups in total. The van der Waals surface area contributed by atoms with E-state index in [0.29, 0.717) is 36.1 Å². The van der Waals surface area contributed by atoms with Crippen LogP contribution in [0.1, 0.15) is 37.6 Å². The average Bonchev–Trinajstić information content (AvgIpc) is 3.09. The zero-order valence-corrected chi connectivity index (χ0v) is 26.8. The van der Waals surface area contributed by atoms with Crippen LogP contribution in [0, 0.1) is 0 Å². The van der Waals surface area contributed by atoms with Crippen molar-refractivity contribution >= 4 is 22.5 Å². The highest BCUT2D eigenvalue weighted by molar-refractivity contribution is 6.07. The van der Waals surface area contributed by atoms with E-state index in [2.05, 4.69) is 39.7 Å². The molecule has 0 saturated carbocycles. The highest BCUT2D eigenvalue weighted by Gasteiger charge is 2.10. The number of ether oxygens (including phenoxy) is 3. The van der Waals surface area contributed by atoms with Crippen LogP contribution in [0.15, 0.2) is 126 Å². The Morgan fingerprint density at radius 2 is 1.69 bits per heavy atom. The summed E-state index contributed by atoms with van der Waals surface area (Å²) in [5.41, 5.74) is 7.85. The van der Waals surface area contributed by atoms with Crippen molar-refractivity contribution in [1.82, 2.24) is 10.4 Å². The third-order valence-electron chi connectivity index (χ3n) is 6.13. The number of nitrogens with one attached hydrogen (secondary N) is 1. The van der Waals surface area contributed by atoms with Crippen LogP contribution < -0.4 is 31.3 Å². The van der Waals surface area contributed by atoms with Crippen molar-refractivity contribution in [1.29, 1.82) is 0 Å². The van der Waals surface area contributed by atoms with Gasteiger partial charge in [-0.15, -0.1) is 0 Å². The molecule has 1 heterocycles. The summed E-state index contributed by atoms with van der Waals surface area (Å²) >= 11 is 0. The summed E-state index contributed by atoms with van der Waals surface area (Å²) in [4.78, 5) is 8.64. The van der Waals surface area contributed by atoms with Gasteiger partial charge in [0.2, 0.25) is 0 Å². The Hall–Kier alpha value is -5.41. The van der Waals surface area contributed by atoms with Crippen LogP contribution in [0.25, 0.3) is 10.9 Å². The first kappa shape index (κ1) is 35.8. The number of amidine groups is 1. The number of hydrazine groups is 1. The maximum Gasteiger partial charge on any atom is 0.166 e. The van der Waals surface area contributed by atoms with Gasteiger partial charge in [0.25, 0.3) is 0 Å². The number of rotatable bonds is 11. The van der Waals surface area contributed by atoms with Crippen molar-refractivity contribution in [3.8, 4) is 17.2 Å². The van der Waals surface area contributed by atoms with Crippen LogP contribution >= 0.6 is 0 Å². The van der Waals surface area contributed by atoms with E-state index >= 15 is 0 Å². The second kappa shape index (κ2) is 19.7. The number of nitrogens with zero attached hydrogens (tertiary/aromatic N) is 3. The maximum absolute atomic E-state index is 5.93. The molecule has 0 saturated heterocycles. The minimum absolute atomic E-state index is 0.342. The third-order valence-corrected chi connectivity index (χ3v) is 6.13. The lowest BCUT2D eigenvalue weighted by Crippen LogP contribution is -2.32. The zero-order valence-electron chi connectivity index (χ0n) is 26.8. The van der Waals surface area contributed by atoms with Crippen LogP contribution in [0.3, 0.4) is 0 Å². The Balaban J connectivity index is 0.000000503. The van der Waals surface area contributed by atoms with Crippen molar-refractivity contribution < 1.29 is 14.2 Å². The molecular formula is C36H44N6O3. The van der Waals surface area contributed by atoms with Gasteiger partial charge in [-0.05, 0) is 66.6 Å². The molecule has 0 radical (unpaired) electrons. The molecule has 4 aromatic rings. The Morgan fingerprint density at radius 1 is 0.956 bits per heavy atom. The van der Waals surface area contributed by atoms with Crippen LogP contribution in [-0.4, -0.2) is 30.7 Å². The molecule has 0 spiro atoms. The van der Waals surface area contributed by atoms with Gasteiger partial charge in [-0.2, -0.15) is 5.10 Å². The van der Waals surface area contributed by atoms with Gasteiger partial charge < -0.3 is 25.5 Å². The standard InChI is InChI=1S/C25H25N5O3.C9H13N.C2H6/c1-31-24-14-19(25(29-26)30-27)9-13-23(24)33-15-17-6-11-21(12-7-17)32-16-20-10-8-18-4-2-3-5-22(18)28-20;1-5-6-7-9(10-4)8(2)3;1-2/h2-14H,15-16,26-27H2,1H3,(H,29,30);5-7H,1-2H2,3-4H3;1-2H3/b;7-6-,10-9?;. The molecule has 0 aliphatic heterocycles. The van der Waals surface area contributed by atoms with E-state index in [0.717, 1.165) is 39.2 Å². The highest BCUT2D eigenvalue weighted by atomic mass is 16.5. The first-order valence-corrected chi connectivity index (χ1v) is 14.5. The number of hydrazone groups is 1. The van der Waals surface area contributed by atoms with Crippen LogP contribution in [-0.2, 0) is 13.2 Å². The molecule has 0 atom stereocenters. The van der Waals surface area contributed by atoms with Crippen LogP contribution in [0.2, 0.25) is 0 Å². The Labute approximate surface area is 266 Å². The van der Waals surface area contributed by atoms with Crippen molar-refractivity contribution in [3.05, 3.63) is 133 Å². The number of aromatic nitrogens is 1. The number of benzene rings is 3. The first-order valence-electron chi connectivity index (χ1n) is 14.5.